The largest absolute Gasteiger partial charge is 0.404 e. The van der Waals surface area contributed by atoms with Gasteiger partial charge in [-0.15, -0.1) is 0 Å². The van der Waals surface area contributed by atoms with E-state index in [-0.39, 0.29) is 0 Å². The van der Waals surface area contributed by atoms with Crippen LogP contribution in [0.1, 0.15) is 0 Å². The smallest absolute Gasteiger partial charge is 0.128 e. The Kier molecular flexibility index (Phi) is 8.30. The van der Waals surface area contributed by atoms with Crippen LogP contribution in [0.4, 0.5) is 0 Å². The van der Waals surface area contributed by atoms with E-state index in [1.165, 1.54) is 12.4 Å². The van der Waals surface area contributed by atoms with Crippen molar-refractivity contribution >= 4 is 51.4 Å². The Hall–Kier alpha value is -0.630. The van der Waals surface area contributed by atoms with Crippen LogP contribution in [0.15, 0.2) is 22.2 Å². The van der Waals surface area contributed by atoms with Gasteiger partial charge in [-0.2, -0.15) is 10.4 Å². The summed E-state index contributed by atoms with van der Waals surface area (Å²) in [7, 11) is 0. The molecule has 0 bridgehead atoms. The highest BCUT2D eigenvalue weighted by Gasteiger charge is 1.90. The standard InChI is InChI=1S/C5H4IN3.C3H5IN2/c6-5-3-8-9(4-5)2-1-7;4-3(1-5)2-6/h3-4H,2H2;1-2,5H,6H2/b;3-2+,5-1?. The van der Waals surface area contributed by atoms with Crippen molar-refractivity contribution in [3.63, 3.8) is 0 Å². The number of nitrogens with zero attached hydrogens (tertiary/aromatic N) is 3. The predicted octanol–water partition coefficient (Wildman–Crippen LogP) is 1.88. The van der Waals surface area contributed by atoms with E-state index < -0.39 is 0 Å². The molecule has 1 aromatic rings. The Bertz CT molecular complexity index is 377. The minimum atomic E-state index is 0.336. The van der Waals surface area contributed by atoms with Gasteiger partial charge in [0.1, 0.15) is 6.54 Å². The van der Waals surface area contributed by atoms with E-state index in [1.807, 2.05) is 34.9 Å². The summed E-state index contributed by atoms with van der Waals surface area (Å²) in [5.74, 6) is 0. The maximum absolute atomic E-state index is 8.22. The molecule has 1 rings (SSSR count). The van der Waals surface area contributed by atoms with E-state index in [0.29, 0.717) is 6.54 Å². The second kappa shape index (κ2) is 8.66. The maximum atomic E-state index is 8.22. The summed E-state index contributed by atoms with van der Waals surface area (Å²) in [4.78, 5) is 0. The number of nitrogens with two attached hydrogens (primary N) is 1. The molecule has 0 amide bonds. The third-order valence-corrected chi connectivity index (χ3v) is 2.36. The van der Waals surface area contributed by atoms with Crippen molar-refractivity contribution in [2.75, 3.05) is 0 Å². The third kappa shape index (κ3) is 7.32. The first kappa shape index (κ1) is 14.4. The van der Waals surface area contributed by atoms with Crippen LogP contribution in [0, 0.1) is 20.3 Å². The molecule has 7 heteroatoms. The fourth-order valence-corrected chi connectivity index (χ4v) is 0.991. The highest BCUT2D eigenvalue weighted by molar-refractivity contribution is 14.1. The van der Waals surface area contributed by atoms with Crippen LogP contribution in [0.3, 0.4) is 0 Å². The summed E-state index contributed by atoms with van der Waals surface area (Å²) in [5, 5.41) is 18.6. The number of hydrogen-bond acceptors (Lipinski definition) is 4. The molecule has 0 radical (unpaired) electrons. The van der Waals surface area contributed by atoms with Crippen molar-refractivity contribution in [2.24, 2.45) is 5.73 Å². The van der Waals surface area contributed by atoms with Crippen molar-refractivity contribution in [1.82, 2.24) is 9.78 Å². The van der Waals surface area contributed by atoms with Gasteiger partial charge < -0.3 is 11.1 Å². The second-order valence-corrected chi connectivity index (χ2v) is 4.70. The molecule has 0 aliphatic rings. The molecule has 80 valence electrons. The van der Waals surface area contributed by atoms with E-state index in [2.05, 4.69) is 27.7 Å². The van der Waals surface area contributed by atoms with Crippen molar-refractivity contribution in [3.05, 3.63) is 25.7 Å². The molecule has 0 atom stereocenters. The summed E-state index contributed by atoms with van der Waals surface area (Å²) in [6.07, 6.45) is 6.12. The van der Waals surface area contributed by atoms with Crippen molar-refractivity contribution in [1.29, 1.82) is 10.7 Å². The van der Waals surface area contributed by atoms with Gasteiger partial charge >= 0.3 is 0 Å². The Balaban J connectivity index is 0.000000288. The van der Waals surface area contributed by atoms with Gasteiger partial charge in [-0.3, -0.25) is 4.68 Å². The van der Waals surface area contributed by atoms with Crippen LogP contribution in [0.5, 0.6) is 0 Å². The average Bonchev–Trinajstić information content (AvgIpc) is 2.64. The molecular formula is C8H9I2N5. The molecule has 0 aromatic carbocycles. The van der Waals surface area contributed by atoms with Crippen LogP contribution < -0.4 is 5.73 Å². The zero-order valence-corrected chi connectivity index (χ0v) is 12.0. The summed E-state index contributed by atoms with van der Waals surface area (Å²) in [5.41, 5.74) is 4.96. The lowest BCUT2D eigenvalue weighted by molar-refractivity contribution is 0.709. The van der Waals surface area contributed by atoms with Gasteiger partial charge in [0.15, 0.2) is 0 Å². The minimum Gasteiger partial charge on any atom is -0.404 e. The first-order chi connectivity index (χ1) is 7.13. The van der Waals surface area contributed by atoms with Crippen molar-refractivity contribution in [3.8, 4) is 6.07 Å². The Morgan fingerprint density at radius 3 is 2.73 bits per heavy atom. The molecule has 3 N–H and O–H groups in total. The van der Waals surface area contributed by atoms with E-state index in [4.69, 9.17) is 16.4 Å². The number of halogens is 2. The summed E-state index contributed by atoms with van der Waals surface area (Å²) >= 11 is 4.11. The highest BCUT2D eigenvalue weighted by atomic mass is 127. The molecule has 0 spiro atoms. The van der Waals surface area contributed by atoms with Gasteiger partial charge in [-0.1, -0.05) is 0 Å². The van der Waals surface area contributed by atoms with Crippen LogP contribution >= 0.6 is 45.2 Å². The number of hydrogen-bond donors (Lipinski definition) is 2. The molecule has 0 unspecified atom stereocenters. The molecule has 0 fully saturated rings. The van der Waals surface area contributed by atoms with Gasteiger partial charge in [-0.25, -0.2) is 0 Å². The number of nitrogens with one attached hydrogen (secondary N) is 1. The van der Waals surface area contributed by atoms with Gasteiger partial charge in [0, 0.05) is 22.2 Å². The summed E-state index contributed by atoms with van der Waals surface area (Å²) < 4.78 is 3.41. The predicted molar refractivity (Wildman–Crippen MR) is 75.6 cm³/mol. The van der Waals surface area contributed by atoms with E-state index in [9.17, 15) is 0 Å². The van der Waals surface area contributed by atoms with Gasteiger partial charge in [0.2, 0.25) is 0 Å². The topological polar surface area (TPSA) is 91.5 Å². The number of allylic oxidation sites excluding steroid dienone is 1. The first-order valence-electron chi connectivity index (χ1n) is 3.76. The van der Waals surface area contributed by atoms with Crippen molar-refractivity contribution < 1.29 is 0 Å². The molecule has 15 heavy (non-hydrogen) atoms. The third-order valence-electron chi connectivity index (χ3n) is 1.13. The van der Waals surface area contributed by atoms with Gasteiger partial charge in [-0.05, 0) is 45.2 Å². The number of nitriles is 1. The highest BCUT2D eigenvalue weighted by Crippen LogP contribution is 1.99. The van der Waals surface area contributed by atoms with Crippen LogP contribution in [0.25, 0.3) is 0 Å². The number of aromatic nitrogens is 2. The quantitative estimate of drug-likeness (QED) is 0.556. The molecule has 1 aromatic heterocycles. The minimum absolute atomic E-state index is 0.336. The maximum Gasteiger partial charge on any atom is 0.128 e. The van der Waals surface area contributed by atoms with Crippen LogP contribution in [-0.4, -0.2) is 16.0 Å². The van der Waals surface area contributed by atoms with E-state index in [1.54, 1.807) is 10.9 Å². The molecule has 0 aliphatic carbocycles. The zero-order chi connectivity index (χ0) is 11.7. The monoisotopic (exact) mass is 429 g/mol. The zero-order valence-electron chi connectivity index (χ0n) is 7.69. The van der Waals surface area contributed by atoms with Crippen molar-refractivity contribution in [2.45, 2.75) is 6.54 Å². The van der Waals surface area contributed by atoms with Gasteiger partial charge in [0.05, 0.1) is 15.8 Å². The molecule has 1 heterocycles. The van der Waals surface area contributed by atoms with E-state index >= 15 is 0 Å². The molecule has 0 saturated heterocycles. The fraction of sp³-hybridized carbons (Fsp3) is 0.125. The number of rotatable bonds is 2. The molecule has 0 aliphatic heterocycles. The lowest BCUT2D eigenvalue weighted by atomic mass is 10.7. The second-order valence-electron chi connectivity index (χ2n) is 2.21. The Morgan fingerprint density at radius 2 is 2.47 bits per heavy atom. The molecular weight excluding hydrogens is 420 g/mol. The fourth-order valence-electron chi connectivity index (χ4n) is 0.545. The first-order valence-corrected chi connectivity index (χ1v) is 5.92. The van der Waals surface area contributed by atoms with Crippen LogP contribution in [0.2, 0.25) is 0 Å². The SMILES string of the molecule is N#CCn1cc(I)cn1.N=C/C(I)=C\N. The normalized spacial score (nSPS) is 9.80. The Morgan fingerprint density at radius 1 is 1.80 bits per heavy atom. The lowest BCUT2D eigenvalue weighted by Crippen LogP contribution is -1.93. The summed E-state index contributed by atoms with van der Waals surface area (Å²) in [6.45, 7) is 0.336. The Labute approximate surface area is 115 Å². The average molecular weight is 429 g/mol. The molecule has 0 saturated carbocycles. The lowest BCUT2D eigenvalue weighted by Gasteiger charge is -1.85. The van der Waals surface area contributed by atoms with Gasteiger partial charge in [0.25, 0.3) is 0 Å². The summed E-state index contributed by atoms with van der Waals surface area (Å²) in [6, 6.07) is 1.99. The molecule has 5 nitrogen and oxygen atoms in total. The van der Waals surface area contributed by atoms with Crippen LogP contribution in [-0.2, 0) is 6.54 Å². The van der Waals surface area contributed by atoms with E-state index in [0.717, 1.165) is 7.15 Å².